The maximum Gasteiger partial charge on any atom is 0.408 e. The minimum atomic E-state index is -1.16. The van der Waals surface area contributed by atoms with Gasteiger partial charge in [0.2, 0.25) is 0 Å². The number of benzene rings is 2. The largest absolute Gasteiger partial charge is 0.480 e. The molecule has 358 valence electrons. The fourth-order valence-corrected chi connectivity index (χ4v) is 9.52. The normalized spacial score (nSPS) is 19.4. The lowest BCUT2D eigenvalue weighted by atomic mass is 9.84. The molecule has 3 aliphatic rings. The van der Waals surface area contributed by atoms with E-state index in [2.05, 4.69) is 64.1 Å². The number of hydrogen-bond donors (Lipinski definition) is 4. The molecule has 5 heterocycles. The van der Waals surface area contributed by atoms with E-state index in [1.807, 2.05) is 25.3 Å². The zero-order valence-electron chi connectivity index (χ0n) is 39.8. The molecule has 2 aromatic heterocycles. The number of aromatic nitrogens is 2. The van der Waals surface area contributed by atoms with Crippen LogP contribution in [0.5, 0.6) is 0 Å². The number of piperazine rings is 1. The van der Waals surface area contributed by atoms with Crippen molar-refractivity contribution < 1.29 is 43.2 Å². The van der Waals surface area contributed by atoms with E-state index >= 15 is 0 Å². The number of morpholine rings is 1. The van der Waals surface area contributed by atoms with Gasteiger partial charge in [0, 0.05) is 75.9 Å². The summed E-state index contributed by atoms with van der Waals surface area (Å²) in [6.45, 7) is 18.5. The van der Waals surface area contributed by atoms with Crippen molar-refractivity contribution in [1.29, 1.82) is 0 Å². The summed E-state index contributed by atoms with van der Waals surface area (Å²) in [4.78, 5) is 49.2. The number of rotatable bonds is 15. The molecule has 0 radical (unpaired) electrons. The van der Waals surface area contributed by atoms with Crippen LogP contribution in [0.25, 0.3) is 33.3 Å². The first kappa shape index (κ1) is 48.8. The fourth-order valence-electron chi connectivity index (χ4n) is 9.52. The third-order valence-electron chi connectivity index (χ3n) is 13.0. The number of nitrogens with zero attached hydrogens (tertiary/aromatic N) is 5. The summed E-state index contributed by atoms with van der Waals surface area (Å²) in [7, 11) is 1.69. The average molecular weight is 914 g/mol. The van der Waals surface area contributed by atoms with Crippen LogP contribution >= 0.6 is 0 Å². The van der Waals surface area contributed by atoms with Crippen LogP contribution in [-0.4, -0.2) is 131 Å². The van der Waals surface area contributed by atoms with Crippen LogP contribution in [0, 0.1) is 5.41 Å². The van der Waals surface area contributed by atoms with Gasteiger partial charge in [0.15, 0.2) is 0 Å². The number of carbonyl (C=O) groups is 3. The number of anilines is 1. The van der Waals surface area contributed by atoms with Gasteiger partial charge >= 0.3 is 12.1 Å². The summed E-state index contributed by atoms with van der Waals surface area (Å²) in [5.74, 6) is -1.61. The van der Waals surface area contributed by atoms with Gasteiger partial charge in [-0.1, -0.05) is 32.0 Å². The first-order valence-electron chi connectivity index (χ1n) is 23.3. The van der Waals surface area contributed by atoms with E-state index < -0.39 is 47.7 Å². The predicted molar refractivity (Wildman–Crippen MR) is 252 cm³/mol. The van der Waals surface area contributed by atoms with Crippen LogP contribution < -0.4 is 15.6 Å². The maximum absolute atomic E-state index is 14.8. The van der Waals surface area contributed by atoms with E-state index in [-0.39, 0.29) is 25.7 Å². The molecule has 0 spiro atoms. The van der Waals surface area contributed by atoms with E-state index in [1.54, 1.807) is 40.0 Å². The van der Waals surface area contributed by atoms with Crippen molar-refractivity contribution in [2.45, 2.75) is 117 Å². The van der Waals surface area contributed by atoms with Gasteiger partial charge in [0.1, 0.15) is 24.4 Å². The highest BCUT2D eigenvalue weighted by atomic mass is 19.1. The van der Waals surface area contributed by atoms with Crippen molar-refractivity contribution in [3.05, 3.63) is 71.0 Å². The lowest BCUT2D eigenvalue weighted by molar-refractivity contribution is -0.147. The second-order valence-electron chi connectivity index (χ2n) is 19.7. The number of halogens is 1. The molecule has 3 saturated heterocycles. The third kappa shape index (κ3) is 11.0. The number of hydrogen-bond acceptors (Lipinski definition) is 11. The molecule has 4 N–H and O–H groups in total. The number of methoxy groups -OCH3 is 1. The molecule has 0 bridgehead atoms. The van der Waals surface area contributed by atoms with Crippen molar-refractivity contribution in [2.24, 2.45) is 5.41 Å². The molecular weight excluding hydrogens is 846 g/mol. The van der Waals surface area contributed by atoms with E-state index in [4.69, 9.17) is 19.2 Å². The van der Waals surface area contributed by atoms with Crippen molar-refractivity contribution in [2.75, 3.05) is 64.6 Å². The Kier molecular flexibility index (Phi) is 15.1. The minimum absolute atomic E-state index is 0.0179. The summed E-state index contributed by atoms with van der Waals surface area (Å²) in [5, 5.41) is 25.4. The Hall–Kier alpha value is -5.13. The summed E-state index contributed by atoms with van der Waals surface area (Å²) in [5.41, 5.74) is 9.82. The molecule has 66 heavy (non-hydrogen) atoms. The number of fused-ring (bicyclic) bond motifs is 2. The number of alkyl halides is 1. The summed E-state index contributed by atoms with van der Waals surface area (Å²) in [6.07, 6.45) is 2.16. The Morgan fingerprint density at radius 1 is 1.03 bits per heavy atom. The summed E-state index contributed by atoms with van der Waals surface area (Å²) in [6, 6.07) is 12.0. The maximum atomic E-state index is 14.8. The number of carbonyl (C=O) groups excluding carboxylic acids is 2. The third-order valence-corrected chi connectivity index (χ3v) is 13.0. The quantitative estimate of drug-likeness (QED) is 0.100. The second kappa shape index (κ2) is 20.4. The number of aliphatic hydroxyl groups excluding tert-OH is 1. The molecular formula is C50H68FN7O8. The van der Waals surface area contributed by atoms with Crippen LogP contribution in [-0.2, 0) is 49.9 Å². The predicted octanol–water partition coefficient (Wildman–Crippen LogP) is 6.66. The second-order valence-corrected chi connectivity index (χ2v) is 19.7. The molecule has 15 nitrogen and oxygen atoms in total. The van der Waals surface area contributed by atoms with Crippen molar-refractivity contribution >= 4 is 34.6 Å². The SMILES string of the molecule is CCn1c(-c2cc(N3CCN4CCOC[C@@H]4C3)cnc2[C@H](C)OC)c(CC(C)(C)CO)c2cc(-c3cc(CF)cc(C[C@H](NC(=O)OC(C)(C)C)C(=O)N4CCC[C@@H](C(=O)O)N4)c3)ccc21. The van der Waals surface area contributed by atoms with Gasteiger partial charge in [-0.3, -0.25) is 24.5 Å². The zero-order chi connectivity index (χ0) is 47.5. The lowest BCUT2D eigenvalue weighted by Crippen LogP contribution is -2.60. The van der Waals surface area contributed by atoms with Gasteiger partial charge in [0.25, 0.3) is 5.91 Å². The molecule has 4 atom stereocenters. The van der Waals surface area contributed by atoms with E-state index in [1.165, 1.54) is 5.01 Å². The van der Waals surface area contributed by atoms with Crippen LogP contribution in [0.1, 0.15) is 89.8 Å². The molecule has 0 saturated carbocycles. The summed E-state index contributed by atoms with van der Waals surface area (Å²) >= 11 is 0. The summed E-state index contributed by atoms with van der Waals surface area (Å²) < 4.78 is 34.5. The Morgan fingerprint density at radius 2 is 1.80 bits per heavy atom. The zero-order valence-corrected chi connectivity index (χ0v) is 39.8. The highest BCUT2D eigenvalue weighted by molar-refractivity contribution is 5.96. The Bertz CT molecular complexity index is 2400. The molecule has 3 aliphatic heterocycles. The Balaban J connectivity index is 1.32. The molecule has 2 aromatic carbocycles. The van der Waals surface area contributed by atoms with Gasteiger partial charge < -0.3 is 39.2 Å². The minimum Gasteiger partial charge on any atom is -0.480 e. The number of carboxylic acids is 1. The van der Waals surface area contributed by atoms with Crippen LogP contribution in [0.3, 0.4) is 0 Å². The first-order chi connectivity index (χ1) is 31.4. The Morgan fingerprint density at radius 3 is 2.50 bits per heavy atom. The van der Waals surface area contributed by atoms with Gasteiger partial charge in [-0.15, -0.1) is 0 Å². The average Bonchev–Trinajstić information content (AvgIpc) is 3.60. The van der Waals surface area contributed by atoms with E-state index in [0.29, 0.717) is 55.1 Å². The van der Waals surface area contributed by atoms with Crippen LogP contribution in [0.2, 0.25) is 0 Å². The number of aryl methyl sites for hydroxylation is 1. The standard InChI is InChI=1S/C50H68FN7O8/c1-9-57-43-13-12-34(35-20-32(19-33(21-35)26-51)22-42(53-48(63)66-49(3,4)5)46(60)58-14-10-11-41(54-58)47(61)62)23-38(43)40(25-50(6,7)30-59)45(57)39-24-36(27-52-44(39)31(2)64-8)56-16-15-55-17-18-65-29-37(55)28-56/h12-13,19-21,23-24,27,31,37,41-42,54,59H,9-11,14-18,22,25-26,28-30H2,1-8H3,(H,53,63)(H,61,62)/t31-,37-,41-,42-/m0/s1. The fraction of sp³-hybridized carbons (Fsp3) is 0.560. The van der Waals surface area contributed by atoms with Gasteiger partial charge in [-0.2, -0.15) is 0 Å². The number of alkyl carbamates (subject to hydrolysis) is 1. The number of nitrogens with one attached hydrogen (secondary N) is 2. The first-order valence-corrected chi connectivity index (χ1v) is 23.3. The molecule has 7 rings (SSSR count). The Labute approximate surface area is 387 Å². The van der Waals surface area contributed by atoms with Gasteiger partial charge in [-0.05, 0) is 111 Å². The number of ether oxygens (including phenoxy) is 3. The van der Waals surface area contributed by atoms with Crippen molar-refractivity contribution in [3.8, 4) is 22.4 Å². The van der Waals surface area contributed by atoms with Crippen molar-refractivity contribution in [1.82, 2.24) is 30.2 Å². The smallest absolute Gasteiger partial charge is 0.408 e. The molecule has 0 aliphatic carbocycles. The van der Waals surface area contributed by atoms with E-state index in [9.17, 15) is 29.0 Å². The van der Waals surface area contributed by atoms with Crippen molar-refractivity contribution in [3.63, 3.8) is 0 Å². The number of aliphatic hydroxyl groups is 1. The molecule has 3 fully saturated rings. The number of aliphatic carboxylic acids is 1. The van der Waals surface area contributed by atoms with Gasteiger partial charge in [0.05, 0.1) is 48.6 Å². The van der Waals surface area contributed by atoms with Crippen LogP contribution in [0.4, 0.5) is 14.9 Å². The van der Waals surface area contributed by atoms with E-state index in [0.717, 1.165) is 77.5 Å². The highest BCUT2D eigenvalue weighted by Crippen LogP contribution is 2.43. The monoisotopic (exact) mass is 914 g/mol. The lowest BCUT2D eigenvalue weighted by Gasteiger charge is -2.44. The molecule has 16 heteroatoms. The molecule has 4 aromatic rings. The number of amides is 2. The number of hydrazine groups is 1. The topological polar surface area (TPSA) is 171 Å². The number of pyridine rings is 1. The number of carboxylic acid groups (broad SMARTS) is 1. The van der Waals surface area contributed by atoms with Crippen LogP contribution in [0.15, 0.2) is 48.7 Å². The van der Waals surface area contributed by atoms with Gasteiger partial charge in [-0.25, -0.2) is 14.6 Å². The molecule has 0 unspecified atom stereocenters. The highest BCUT2D eigenvalue weighted by Gasteiger charge is 2.35. The molecule has 2 amide bonds.